The van der Waals surface area contributed by atoms with Crippen molar-refractivity contribution >= 4 is 11.8 Å². The van der Waals surface area contributed by atoms with Gasteiger partial charge in [-0.2, -0.15) is 0 Å². The molecule has 1 N–H and O–H groups in total. The van der Waals surface area contributed by atoms with Crippen LogP contribution in [0.3, 0.4) is 0 Å². The van der Waals surface area contributed by atoms with Gasteiger partial charge in [0.15, 0.2) is 0 Å². The fourth-order valence-electron chi connectivity index (χ4n) is 3.66. The second-order valence-corrected chi connectivity index (χ2v) is 7.02. The monoisotopic (exact) mass is 279 g/mol. The van der Waals surface area contributed by atoms with E-state index in [4.69, 9.17) is 0 Å². The van der Waals surface area contributed by atoms with Gasteiger partial charge in [0.2, 0.25) is 11.8 Å². The van der Waals surface area contributed by atoms with Crippen LogP contribution in [0.2, 0.25) is 0 Å². The van der Waals surface area contributed by atoms with Gasteiger partial charge in [0.25, 0.3) is 0 Å². The van der Waals surface area contributed by atoms with E-state index < -0.39 is 5.54 Å². The Hall–Kier alpha value is -1.10. The third-order valence-electron chi connectivity index (χ3n) is 5.27. The van der Waals surface area contributed by atoms with Gasteiger partial charge in [0, 0.05) is 13.1 Å². The molecule has 0 spiro atoms. The molecule has 3 fully saturated rings. The van der Waals surface area contributed by atoms with Crippen LogP contribution in [0.15, 0.2) is 0 Å². The van der Waals surface area contributed by atoms with Crippen LogP contribution in [0.4, 0.5) is 0 Å². The van der Waals surface area contributed by atoms with E-state index in [1.165, 1.54) is 0 Å². The van der Waals surface area contributed by atoms with Crippen molar-refractivity contribution < 1.29 is 9.59 Å². The Kier molecular flexibility index (Phi) is 3.27. The minimum Gasteiger partial charge on any atom is -0.340 e. The zero-order valence-corrected chi connectivity index (χ0v) is 12.7. The molecule has 2 heterocycles. The van der Waals surface area contributed by atoms with Crippen LogP contribution in [0.1, 0.15) is 33.1 Å². The van der Waals surface area contributed by atoms with Gasteiger partial charge in [-0.3, -0.25) is 9.59 Å². The highest BCUT2D eigenvalue weighted by Gasteiger charge is 2.54. The number of nitrogens with one attached hydrogen (secondary N) is 1. The Bertz CT molecular complexity index is 435. The molecule has 5 nitrogen and oxygen atoms in total. The van der Waals surface area contributed by atoms with Gasteiger partial charge in [-0.25, -0.2) is 0 Å². The fourth-order valence-corrected chi connectivity index (χ4v) is 3.66. The highest BCUT2D eigenvalue weighted by Crippen LogP contribution is 2.42. The number of carbonyl (C=O) groups excluding carboxylic acids is 2. The number of hydrogen-bond donors (Lipinski definition) is 1. The SMILES string of the molecule is CC1C(=O)NC(C)(C2CC2)C(=O)N1CC1CCN(C)C1. The Balaban J connectivity index is 1.76. The van der Waals surface area contributed by atoms with Crippen LogP contribution in [-0.4, -0.2) is 59.9 Å². The van der Waals surface area contributed by atoms with Crippen molar-refractivity contribution in [3.05, 3.63) is 0 Å². The molecule has 0 bridgehead atoms. The quantitative estimate of drug-likeness (QED) is 0.816. The molecule has 0 aromatic rings. The number of carbonyl (C=O) groups is 2. The Labute approximate surface area is 120 Å². The highest BCUT2D eigenvalue weighted by atomic mass is 16.2. The van der Waals surface area contributed by atoms with Gasteiger partial charge in [0.1, 0.15) is 11.6 Å². The lowest BCUT2D eigenvalue weighted by Gasteiger charge is -2.44. The highest BCUT2D eigenvalue weighted by molar-refractivity contribution is 5.99. The Morgan fingerprint density at radius 1 is 1.30 bits per heavy atom. The lowest BCUT2D eigenvalue weighted by Crippen LogP contribution is -2.70. The molecule has 0 aromatic heterocycles. The van der Waals surface area contributed by atoms with Crippen LogP contribution < -0.4 is 5.32 Å². The molecule has 20 heavy (non-hydrogen) atoms. The van der Waals surface area contributed by atoms with E-state index in [2.05, 4.69) is 17.3 Å². The number of likely N-dealkylation sites (tertiary alicyclic amines) is 1. The van der Waals surface area contributed by atoms with E-state index >= 15 is 0 Å². The molecule has 5 heteroatoms. The van der Waals surface area contributed by atoms with Crippen molar-refractivity contribution in [3.8, 4) is 0 Å². The van der Waals surface area contributed by atoms with Crippen molar-refractivity contribution in [1.29, 1.82) is 0 Å². The Morgan fingerprint density at radius 2 is 2.00 bits per heavy atom. The van der Waals surface area contributed by atoms with E-state index in [1.54, 1.807) is 0 Å². The van der Waals surface area contributed by atoms with Crippen molar-refractivity contribution in [2.75, 3.05) is 26.7 Å². The third kappa shape index (κ3) is 2.22. The van der Waals surface area contributed by atoms with Crippen LogP contribution in [0.5, 0.6) is 0 Å². The summed E-state index contributed by atoms with van der Waals surface area (Å²) in [7, 11) is 2.11. The molecule has 2 saturated heterocycles. The molecule has 0 radical (unpaired) electrons. The number of hydrogen-bond acceptors (Lipinski definition) is 3. The first-order valence-corrected chi connectivity index (χ1v) is 7.73. The first kappa shape index (κ1) is 13.9. The molecule has 3 rings (SSSR count). The molecule has 3 atom stereocenters. The van der Waals surface area contributed by atoms with Crippen molar-refractivity contribution in [2.24, 2.45) is 11.8 Å². The summed E-state index contributed by atoms with van der Waals surface area (Å²) < 4.78 is 0. The van der Waals surface area contributed by atoms with E-state index in [0.717, 1.165) is 38.9 Å². The maximum absolute atomic E-state index is 12.9. The zero-order valence-electron chi connectivity index (χ0n) is 12.7. The van der Waals surface area contributed by atoms with E-state index in [9.17, 15) is 9.59 Å². The van der Waals surface area contributed by atoms with Crippen LogP contribution >= 0.6 is 0 Å². The van der Waals surface area contributed by atoms with Gasteiger partial charge >= 0.3 is 0 Å². The molecule has 0 aromatic carbocycles. The summed E-state index contributed by atoms with van der Waals surface area (Å²) in [5.74, 6) is 0.966. The Morgan fingerprint density at radius 3 is 2.55 bits per heavy atom. The molecule has 1 saturated carbocycles. The van der Waals surface area contributed by atoms with Gasteiger partial charge in [-0.1, -0.05) is 0 Å². The summed E-state index contributed by atoms with van der Waals surface area (Å²) in [6.45, 7) is 6.59. The second kappa shape index (κ2) is 4.72. The number of amides is 2. The normalized spacial score (nSPS) is 39.2. The minimum absolute atomic E-state index is 0.00496. The molecular weight excluding hydrogens is 254 g/mol. The first-order chi connectivity index (χ1) is 9.41. The third-order valence-corrected chi connectivity index (χ3v) is 5.27. The minimum atomic E-state index is -0.659. The predicted molar refractivity (Wildman–Crippen MR) is 76.1 cm³/mol. The standard InChI is InChI=1S/C15H25N3O2/c1-10-13(19)16-15(2,12-4-5-12)14(20)18(10)9-11-6-7-17(3)8-11/h10-12H,4-9H2,1-3H3,(H,16,19). The average Bonchev–Trinajstić information content (AvgIpc) is 3.17. The molecule has 2 aliphatic heterocycles. The van der Waals surface area contributed by atoms with Crippen LogP contribution in [0.25, 0.3) is 0 Å². The smallest absolute Gasteiger partial charge is 0.249 e. The van der Waals surface area contributed by atoms with Gasteiger partial charge in [-0.15, -0.1) is 0 Å². The zero-order chi connectivity index (χ0) is 14.5. The summed E-state index contributed by atoms with van der Waals surface area (Å²) in [4.78, 5) is 29.2. The molecule has 3 unspecified atom stereocenters. The number of nitrogens with zero attached hydrogens (tertiary/aromatic N) is 2. The van der Waals surface area contributed by atoms with Crippen LogP contribution in [0, 0.1) is 11.8 Å². The van der Waals surface area contributed by atoms with Crippen molar-refractivity contribution in [2.45, 2.75) is 44.7 Å². The maximum Gasteiger partial charge on any atom is 0.249 e. The summed E-state index contributed by atoms with van der Waals surface area (Å²) in [5, 5.41) is 2.98. The van der Waals surface area contributed by atoms with Gasteiger partial charge in [0.05, 0.1) is 0 Å². The summed E-state index contributed by atoms with van der Waals surface area (Å²) in [6.07, 6.45) is 3.22. The summed E-state index contributed by atoms with van der Waals surface area (Å²) >= 11 is 0. The topological polar surface area (TPSA) is 52.7 Å². The van der Waals surface area contributed by atoms with E-state index in [0.29, 0.717) is 11.8 Å². The molecule has 112 valence electrons. The summed E-state index contributed by atoms with van der Waals surface area (Å²) in [6, 6.07) is -0.333. The average molecular weight is 279 g/mol. The van der Waals surface area contributed by atoms with E-state index in [1.807, 2.05) is 18.7 Å². The fraction of sp³-hybridized carbons (Fsp3) is 0.867. The molecular formula is C15H25N3O2. The summed E-state index contributed by atoms with van der Waals surface area (Å²) in [5.41, 5.74) is -0.659. The lowest BCUT2D eigenvalue weighted by molar-refractivity contribution is -0.155. The number of piperazine rings is 1. The second-order valence-electron chi connectivity index (χ2n) is 7.02. The molecule has 3 aliphatic rings. The van der Waals surface area contributed by atoms with Crippen molar-refractivity contribution in [3.63, 3.8) is 0 Å². The van der Waals surface area contributed by atoms with Gasteiger partial charge in [-0.05, 0) is 58.5 Å². The largest absolute Gasteiger partial charge is 0.340 e. The lowest BCUT2D eigenvalue weighted by atomic mass is 9.89. The van der Waals surface area contributed by atoms with E-state index in [-0.39, 0.29) is 17.9 Å². The predicted octanol–water partition coefficient (Wildman–Crippen LogP) is 0.454. The molecule has 1 aliphatic carbocycles. The number of rotatable bonds is 3. The van der Waals surface area contributed by atoms with Crippen molar-refractivity contribution in [1.82, 2.24) is 15.1 Å². The first-order valence-electron chi connectivity index (χ1n) is 7.73. The molecule has 2 amide bonds. The maximum atomic E-state index is 12.9. The van der Waals surface area contributed by atoms with Crippen LogP contribution in [-0.2, 0) is 9.59 Å². The van der Waals surface area contributed by atoms with Gasteiger partial charge < -0.3 is 15.1 Å².